The third-order valence-corrected chi connectivity index (χ3v) is 2.84. The molecule has 0 saturated carbocycles. The lowest BCUT2D eigenvalue weighted by Crippen LogP contribution is -2.50. The van der Waals surface area contributed by atoms with E-state index in [0.29, 0.717) is 17.7 Å². The number of nitriles is 1. The summed E-state index contributed by atoms with van der Waals surface area (Å²) in [6, 6.07) is 8.23. The van der Waals surface area contributed by atoms with Gasteiger partial charge in [0.1, 0.15) is 0 Å². The maximum absolute atomic E-state index is 11.8. The summed E-state index contributed by atoms with van der Waals surface area (Å²) in [5.41, 5.74) is 0.524. The van der Waals surface area contributed by atoms with Crippen LogP contribution in [0.5, 0.6) is 0 Å². The van der Waals surface area contributed by atoms with Crippen LogP contribution in [0.3, 0.4) is 0 Å². The molecular weight excluding hydrogens is 242 g/mol. The van der Waals surface area contributed by atoms with Gasteiger partial charge in [-0.3, -0.25) is 0 Å². The Morgan fingerprint density at radius 3 is 2.53 bits per heavy atom. The molecule has 1 aromatic carbocycles. The van der Waals surface area contributed by atoms with Gasteiger partial charge in [0.15, 0.2) is 0 Å². The third kappa shape index (κ3) is 4.60. The van der Waals surface area contributed by atoms with Gasteiger partial charge in [-0.2, -0.15) is 5.26 Å². The normalized spacial score (nSPS) is 13.2. The van der Waals surface area contributed by atoms with E-state index in [4.69, 9.17) is 5.26 Å². The smallest absolute Gasteiger partial charge is 0.319 e. The number of benzene rings is 1. The van der Waals surface area contributed by atoms with E-state index in [0.717, 1.165) is 6.42 Å². The zero-order chi connectivity index (χ0) is 14.3. The number of aliphatic hydroxyl groups excluding tert-OH is 1. The van der Waals surface area contributed by atoms with Gasteiger partial charge in [-0.25, -0.2) is 4.79 Å². The molecule has 0 aromatic heterocycles. The Morgan fingerprint density at radius 2 is 2.05 bits per heavy atom. The molecule has 0 fully saturated rings. The van der Waals surface area contributed by atoms with Crippen LogP contribution in [-0.2, 0) is 0 Å². The van der Waals surface area contributed by atoms with Crippen LogP contribution >= 0.6 is 0 Å². The summed E-state index contributed by atoms with van der Waals surface area (Å²) in [5, 5.41) is 23.4. The van der Waals surface area contributed by atoms with Gasteiger partial charge in [-0.05, 0) is 37.6 Å². The van der Waals surface area contributed by atoms with Crippen molar-refractivity contribution in [1.82, 2.24) is 5.32 Å². The highest BCUT2D eigenvalue weighted by atomic mass is 16.3. The molecule has 1 atom stereocenters. The Morgan fingerprint density at radius 1 is 1.42 bits per heavy atom. The zero-order valence-electron chi connectivity index (χ0n) is 11.2. The number of hydrogen-bond donors (Lipinski definition) is 3. The number of carbonyl (C=O) groups is 1. The number of nitrogens with one attached hydrogen (secondary N) is 2. The first-order valence-electron chi connectivity index (χ1n) is 6.23. The highest BCUT2D eigenvalue weighted by Gasteiger charge is 2.24. The first kappa shape index (κ1) is 15.0. The molecule has 0 aliphatic heterocycles. The second-order valence-corrected chi connectivity index (χ2v) is 4.74. The van der Waals surface area contributed by atoms with Gasteiger partial charge in [-0.15, -0.1) is 0 Å². The zero-order valence-corrected chi connectivity index (χ0v) is 11.2. The summed E-state index contributed by atoms with van der Waals surface area (Å²) in [4.78, 5) is 11.8. The summed E-state index contributed by atoms with van der Waals surface area (Å²) in [6.07, 6.45) is 1.57. The number of carbonyl (C=O) groups excluding carboxylic acids is 1. The largest absolute Gasteiger partial charge is 0.394 e. The fraction of sp³-hybridized carbons (Fsp3) is 0.429. The first-order chi connectivity index (χ1) is 9.03. The maximum Gasteiger partial charge on any atom is 0.319 e. The summed E-state index contributed by atoms with van der Waals surface area (Å²) >= 11 is 0. The van der Waals surface area contributed by atoms with Crippen LogP contribution in [0.4, 0.5) is 10.5 Å². The molecule has 0 heterocycles. The molecule has 0 saturated heterocycles. The van der Waals surface area contributed by atoms with Crippen LogP contribution in [-0.4, -0.2) is 23.3 Å². The molecule has 2 amide bonds. The van der Waals surface area contributed by atoms with Crippen molar-refractivity contribution in [2.75, 3.05) is 11.9 Å². The number of amides is 2. The van der Waals surface area contributed by atoms with Gasteiger partial charge in [0, 0.05) is 5.69 Å². The fourth-order valence-electron chi connectivity index (χ4n) is 1.80. The minimum Gasteiger partial charge on any atom is -0.394 e. The number of rotatable bonds is 5. The predicted molar refractivity (Wildman–Crippen MR) is 73.7 cm³/mol. The van der Waals surface area contributed by atoms with Gasteiger partial charge in [0.05, 0.1) is 23.8 Å². The van der Waals surface area contributed by atoms with E-state index < -0.39 is 5.54 Å². The third-order valence-electron chi connectivity index (χ3n) is 2.84. The van der Waals surface area contributed by atoms with Crippen LogP contribution in [0.15, 0.2) is 24.3 Å². The highest BCUT2D eigenvalue weighted by Crippen LogP contribution is 2.13. The number of aliphatic hydroxyl groups is 1. The molecular formula is C14H19N3O2. The van der Waals surface area contributed by atoms with E-state index in [1.54, 1.807) is 31.2 Å². The Bertz CT molecular complexity index is 465. The lowest BCUT2D eigenvalue weighted by atomic mass is 9.98. The van der Waals surface area contributed by atoms with Crippen molar-refractivity contribution < 1.29 is 9.90 Å². The van der Waals surface area contributed by atoms with E-state index in [1.165, 1.54) is 0 Å². The molecule has 5 heteroatoms. The molecule has 102 valence electrons. The van der Waals surface area contributed by atoms with E-state index >= 15 is 0 Å². The van der Waals surface area contributed by atoms with Crippen molar-refractivity contribution in [1.29, 1.82) is 5.26 Å². The molecule has 0 radical (unpaired) electrons. The minimum atomic E-state index is -0.620. The van der Waals surface area contributed by atoms with E-state index in [1.807, 2.05) is 13.0 Å². The Kier molecular flexibility index (Phi) is 5.34. The topological polar surface area (TPSA) is 85.2 Å². The van der Waals surface area contributed by atoms with Gasteiger partial charge in [0.25, 0.3) is 0 Å². The van der Waals surface area contributed by atoms with Crippen molar-refractivity contribution in [2.24, 2.45) is 0 Å². The van der Waals surface area contributed by atoms with Crippen molar-refractivity contribution >= 4 is 11.7 Å². The molecule has 5 nitrogen and oxygen atoms in total. The lowest BCUT2D eigenvalue weighted by Gasteiger charge is -2.28. The van der Waals surface area contributed by atoms with Gasteiger partial charge in [-0.1, -0.05) is 13.3 Å². The standard InChI is InChI=1S/C14H19N3O2/c1-3-8-14(2,10-18)17-13(19)16-12-6-4-11(9-15)5-7-12/h4-7,18H,3,8,10H2,1-2H3,(H2,16,17,19). The van der Waals surface area contributed by atoms with Gasteiger partial charge < -0.3 is 15.7 Å². The van der Waals surface area contributed by atoms with Gasteiger partial charge in [0.2, 0.25) is 0 Å². The average molecular weight is 261 g/mol. The molecule has 0 aliphatic carbocycles. The van der Waals surface area contributed by atoms with E-state index in [9.17, 15) is 9.90 Å². The van der Waals surface area contributed by atoms with Crippen LogP contribution in [0.2, 0.25) is 0 Å². The quantitative estimate of drug-likeness (QED) is 0.759. The highest BCUT2D eigenvalue weighted by molar-refractivity contribution is 5.89. The monoisotopic (exact) mass is 261 g/mol. The second kappa shape index (κ2) is 6.76. The molecule has 0 spiro atoms. The summed E-state index contributed by atoms with van der Waals surface area (Å²) < 4.78 is 0. The van der Waals surface area contributed by atoms with Crippen molar-refractivity contribution in [2.45, 2.75) is 32.2 Å². The molecule has 0 bridgehead atoms. The Hall–Kier alpha value is -2.06. The summed E-state index contributed by atoms with van der Waals surface area (Å²) in [6.45, 7) is 3.69. The number of anilines is 1. The van der Waals surface area contributed by atoms with Crippen LogP contribution in [0.25, 0.3) is 0 Å². The van der Waals surface area contributed by atoms with Crippen LogP contribution < -0.4 is 10.6 Å². The number of nitrogens with zero attached hydrogens (tertiary/aromatic N) is 1. The van der Waals surface area contributed by atoms with Crippen molar-refractivity contribution in [3.8, 4) is 6.07 Å². The number of urea groups is 1. The summed E-state index contributed by atoms with van der Waals surface area (Å²) in [5.74, 6) is 0. The van der Waals surface area contributed by atoms with Crippen LogP contribution in [0.1, 0.15) is 32.3 Å². The Balaban J connectivity index is 2.61. The van der Waals surface area contributed by atoms with Gasteiger partial charge >= 0.3 is 6.03 Å². The Labute approximate surface area is 113 Å². The van der Waals surface area contributed by atoms with Crippen LogP contribution in [0, 0.1) is 11.3 Å². The molecule has 1 unspecified atom stereocenters. The van der Waals surface area contributed by atoms with Crippen molar-refractivity contribution in [3.63, 3.8) is 0 Å². The molecule has 1 rings (SSSR count). The SMILES string of the molecule is CCCC(C)(CO)NC(=O)Nc1ccc(C#N)cc1. The first-order valence-corrected chi connectivity index (χ1v) is 6.23. The molecule has 19 heavy (non-hydrogen) atoms. The molecule has 1 aromatic rings. The molecule has 0 aliphatic rings. The average Bonchev–Trinajstić information content (AvgIpc) is 2.39. The maximum atomic E-state index is 11.8. The van der Waals surface area contributed by atoms with E-state index in [2.05, 4.69) is 10.6 Å². The van der Waals surface area contributed by atoms with E-state index in [-0.39, 0.29) is 12.6 Å². The molecule has 3 N–H and O–H groups in total. The second-order valence-electron chi connectivity index (χ2n) is 4.74. The predicted octanol–water partition coefficient (Wildman–Crippen LogP) is 2.23. The van der Waals surface area contributed by atoms with Crippen molar-refractivity contribution in [3.05, 3.63) is 29.8 Å². The number of hydrogen-bond acceptors (Lipinski definition) is 3. The minimum absolute atomic E-state index is 0.109. The summed E-state index contributed by atoms with van der Waals surface area (Å²) in [7, 11) is 0. The fourth-order valence-corrected chi connectivity index (χ4v) is 1.80. The lowest BCUT2D eigenvalue weighted by molar-refractivity contribution is 0.167.